The average Bonchev–Trinajstić information content (AvgIpc) is 3.32. The number of anilines is 1. The van der Waals surface area contributed by atoms with E-state index in [2.05, 4.69) is 27.4 Å². The highest BCUT2D eigenvalue weighted by Crippen LogP contribution is 2.37. The Hall–Kier alpha value is -3.60. The van der Waals surface area contributed by atoms with Crippen LogP contribution in [-0.4, -0.2) is 21.2 Å². The number of nitrogens with zero attached hydrogens (tertiary/aromatic N) is 2. The average molecular weight is 440 g/mol. The molecule has 2 aromatic heterocycles. The van der Waals surface area contributed by atoms with Crippen molar-refractivity contribution in [1.82, 2.24) is 9.97 Å². The normalized spacial score (nSPS) is 15.0. The Bertz CT molecular complexity index is 1260. The molecule has 5 rings (SSSR count). The summed E-state index contributed by atoms with van der Waals surface area (Å²) in [6.07, 6.45) is 5.06. The van der Waals surface area contributed by atoms with Crippen molar-refractivity contribution in [2.24, 2.45) is 0 Å². The molecule has 1 unspecified atom stereocenters. The molecule has 2 aromatic carbocycles. The van der Waals surface area contributed by atoms with E-state index in [-0.39, 0.29) is 11.8 Å². The second-order valence-corrected chi connectivity index (χ2v) is 8.86. The molecule has 5 heteroatoms. The van der Waals surface area contributed by atoms with Gasteiger partial charge >= 0.3 is 0 Å². The van der Waals surface area contributed by atoms with Gasteiger partial charge in [0, 0.05) is 22.3 Å². The molecule has 0 bridgehead atoms. The molecular weight excluding hydrogens is 410 g/mol. The Morgan fingerprint density at radius 1 is 0.879 bits per heavy atom. The highest BCUT2D eigenvalue weighted by Gasteiger charge is 2.22. The maximum Gasteiger partial charge on any atom is 0.147 e. The monoisotopic (exact) mass is 439 g/mol. The van der Waals surface area contributed by atoms with Gasteiger partial charge in [0.2, 0.25) is 0 Å². The van der Waals surface area contributed by atoms with Crippen LogP contribution in [0.2, 0.25) is 0 Å². The Kier molecular flexibility index (Phi) is 5.86. The molecule has 0 spiro atoms. The van der Waals surface area contributed by atoms with E-state index >= 15 is 0 Å². The number of nitrogens with one attached hydrogen (secondary N) is 1. The number of aromatic nitrogens is 2. The fourth-order valence-corrected chi connectivity index (χ4v) is 4.57. The Labute approximate surface area is 194 Å². The van der Waals surface area contributed by atoms with Gasteiger partial charge in [-0.05, 0) is 75.4 Å². The molecular formula is C28H29N3O2. The van der Waals surface area contributed by atoms with E-state index in [4.69, 9.17) is 4.74 Å². The summed E-state index contributed by atoms with van der Waals surface area (Å²) in [5.74, 6) is 1.83. The molecule has 1 saturated carbocycles. The minimum Gasteiger partial charge on any atom is -0.505 e. The number of aromatic hydroxyl groups is 1. The van der Waals surface area contributed by atoms with Gasteiger partial charge in [0.25, 0.3) is 0 Å². The number of rotatable bonds is 6. The van der Waals surface area contributed by atoms with Crippen molar-refractivity contribution in [2.45, 2.75) is 51.7 Å². The fraction of sp³-hybridized carbons (Fsp3) is 0.286. The van der Waals surface area contributed by atoms with Crippen LogP contribution >= 0.6 is 0 Å². The molecule has 168 valence electrons. The largest absolute Gasteiger partial charge is 0.505 e. The van der Waals surface area contributed by atoms with Crippen LogP contribution in [-0.2, 0) is 0 Å². The van der Waals surface area contributed by atoms with Crippen molar-refractivity contribution < 1.29 is 9.84 Å². The van der Waals surface area contributed by atoms with Crippen molar-refractivity contribution in [3.8, 4) is 11.5 Å². The lowest BCUT2D eigenvalue weighted by Crippen LogP contribution is -2.14. The SMILES string of the molecule is Cc1cccc(NC(c2ccc(OC3CCCC3)cc2)c2ccc3ccc(C)nc3c2O)n1. The Balaban J connectivity index is 1.53. The maximum absolute atomic E-state index is 11.2. The van der Waals surface area contributed by atoms with E-state index in [0.29, 0.717) is 11.6 Å². The molecule has 0 aliphatic heterocycles. The van der Waals surface area contributed by atoms with Crippen LogP contribution in [0.3, 0.4) is 0 Å². The third kappa shape index (κ3) is 4.63. The zero-order valence-electron chi connectivity index (χ0n) is 19.1. The summed E-state index contributed by atoms with van der Waals surface area (Å²) in [5, 5.41) is 15.7. The lowest BCUT2D eigenvalue weighted by molar-refractivity contribution is 0.210. The first kappa shape index (κ1) is 21.3. The third-order valence-corrected chi connectivity index (χ3v) is 6.32. The molecule has 1 aliphatic rings. The van der Waals surface area contributed by atoms with E-state index < -0.39 is 0 Å². The fourth-order valence-electron chi connectivity index (χ4n) is 4.57. The molecule has 0 radical (unpaired) electrons. The number of hydrogen-bond acceptors (Lipinski definition) is 5. The van der Waals surface area contributed by atoms with Gasteiger partial charge in [-0.15, -0.1) is 0 Å². The second kappa shape index (κ2) is 9.10. The standard InChI is InChI=1S/C28H29N3O2/c1-18-6-5-9-25(29-18)31-26(20-12-15-23(16-13-20)33-22-7-3-4-8-22)24-17-14-21-11-10-19(2)30-27(21)28(24)32/h5-6,9-17,22,26,32H,3-4,7-8H2,1-2H3,(H,29,31). The van der Waals surface area contributed by atoms with Crippen LogP contribution in [0.4, 0.5) is 5.82 Å². The lowest BCUT2D eigenvalue weighted by atomic mass is 9.96. The summed E-state index contributed by atoms with van der Waals surface area (Å²) in [7, 11) is 0. The zero-order chi connectivity index (χ0) is 22.8. The predicted molar refractivity (Wildman–Crippen MR) is 132 cm³/mol. The van der Waals surface area contributed by atoms with E-state index in [1.807, 2.05) is 68.4 Å². The van der Waals surface area contributed by atoms with Crippen molar-refractivity contribution in [3.63, 3.8) is 0 Å². The van der Waals surface area contributed by atoms with Gasteiger partial charge in [-0.2, -0.15) is 0 Å². The van der Waals surface area contributed by atoms with Crippen LogP contribution < -0.4 is 10.1 Å². The quantitative estimate of drug-likeness (QED) is 0.360. The second-order valence-electron chi connectivity index (χ2n) is 8.86. The summed E-state index contributed by atoms with van der Waals surface area (Å²) in [4.78, 5) is 9.21. The number of benzene rings is 2. The topological polar surface area (TPSA) is 67.3 Å². The first-order valence-electron chi connectivity index (χ1n) is 11.6. The molecule has 5 nitrogen and oxygen atoms in total. The maximum atomic E-state index is 11.2. The summed E-state index contributed by atoms with van der Waals surface area (Å²) in [6.45, 7) is 3.90. The number of hydrogen-bond donors (Lipinski definition) is 2. The van der Waals surface area contributed by atoms with Crippen molar-refractivity contribution in [2.75, 3.05) is 5.32 Å². The van der Waals surface area contributed by atoms with E-state index in [1.165, 1.54) is 12.8 Å². The third-order valence-electron chi connectivity index (χ3n) is 6.32. The molecule has 33 heavy (non-hydrogen) atoms. The van der Waals surface area contributed by atoms with Crippen LogP contribution in [0.15, 0.2) is 66.7 Å². The summed E-state index contributed by atoms with van der Waals surface area (Å²) >= 11 is 0. The number of phenolic OH excluding ortho intramolecular Hbond substituents is 1. The van der Waals surface area contributed by atoms with Gasteiger partial charge in [0.05, 0.1) is 12.1 Å². The highest BCUT2D eigenvalue weighted by atomic mass is 16.5. The summed E-state index contributed by atoms with van der Waals surface area (Å²) < 4.78 is 6.15. The van der Waals surface area contributed by atoms with E-state index in [0.717, 1.165) is 52.3 Å². The minimum atomic E-state index is -0.299. The number of phenols is 1. The number of pyridine rings is 2. The van der Waals surface area contributed by atoms with Crippen LogP contribution in [0.5, 0.6) is 11.5 Å². The van der Waals surface area contributed by atoms with Gasteiger partial charge in [0.15, 0.2) is 0 Å². The molecule has 1 fully saturated rings. The lowest BCUT2D eigenvalue weighted by Gasteiger charge is -2.23. The number of fused-ring (bicyclic) bond motifs is 1. The summed E-state index contributed by atoms with van der Waals surface area (Å²) in [5.41, 5.74) is 4.18. The van der Waals surface area contributed by atoms with Gasteiger partial charge in [-0.25, -0.2) is 9.97 Å². The Morgan fingerprint density at radius 3 is 2.36 bits per heavy atom. The van der Waals surface area contributed by atoms with Crippen LogP contribution in [0, 0.1) is 13.8 Å². The minimum absolute atomic E-state index is 0.188. The molecule has 0 saturated heterocycles. The number of ether oxygens (including phenoxy) is 1. The van der Waals surface area contributed by atoms with Gasteiger partial charge in [-0.3, -0.25) is 0 Å². The van der Waals surface area contributed by atoms with Crippen molar-refractivity contribution >= 4 is 16.7 Å². The molecule has 2 heterocycles. The van der Waals surface area contributed by atoms with Gasteiger partial charge in [-0.1, -0.05) is 36.4 Å². The molecule has 4 aromatic rings. The molecule has 0 amide bonds. The van der Waals surface area contributed by atoms with E-state index in [9.17, 15) is 5.11 Å². The summed E-state index contributed by atoms with van der Waals surface area (Å²) in [6, 6.07) is 21.7. The molecule has 2 N–H and O–H groups in total. The van der Waals surface area contributed by atoms with Gasteiger partial charge in [0.1, 0.15) is 22.8 Å². The zero-order valence-corrected chi connectivity index (χ0v) is 19.1. The first-order chi connectivity index (χ1) is 16.1. The smallest absolute Gasteiger partial charge is 0.147 e. The van der Waals surface area contributed by atoms with Crippen LogP contribution in [0.1, 0.15) is 54.2 Å². The van der Waals surface area contributed by atoms with Crippen molar-refractivity contribution in [1.29, 1.82) is 0 Å². The van der Waals surface area contributed by atoms with Crippen LogP contribution in [0.25, 0.3) is 10.9 Å². The predicted octanol–water partition coefficient (Wildman–Crippen LogP) is 6.48. The molecule has 1 aliphatic carbocycles. The molecule has 1 atom stereocenters. The Morgan fingerprint density at radius 2 is 1.61 bits per heavy atom. The first-order valence-corrected chi connectivity index (χ1v) is 11.6. The highest BCUT2D eigenvalue weighted by molar-refractivity contribution is 5.86. The van der Waals surface area contributed by atoms with Gasteiger partial charge < -0.3 is 15.2 Å². The van der Waals surface area contributed by atoms with E-state index in [1.54, 1.807) is 0 Å². The number of aryl methyl sites for hydroxylation is 2. The van der Waals surface area contributed by atoms with Crippen molar-refractivity contribution in [3.05, 3.63) is 89.2 Å².